The fourth-order valence-electron chi connectivity index (χ4n) is 2.51. The summed E-state index contributed by atoms with van der Waals surface area (Å²) in [6.07, 6.45) is 2.43. The molecule has 23 heavy (non-hydrogen) atoms. The van der Waals surface area contributed by atoms with Crippen molar-refractivity contribution >= 4 is 23.0 Å². The molecular formula is C19H22N2OS. The second kappa shape index (κ2) is 7.01. The number of nitrogens with zero attached hydrogens (tertiary/aromatic N) is 1. The first kappa shape index (κ1) is 15.8. The van der Waals surface area contributed by atoms with Gasteiger partial charge in [0, 0.05) is 18.3 Å². The zero-order chi connectivity index (χ0) is 16.2. The van der Waals surface area contributed by atoms with Gasteiger partial charge in [-0.15, -0.1) is 0 Å². The van der Waals surface area contributed by atoms with E-state index >= 15 is 0 Å². The van der Waals surface area contributed by atoms with Crippen LogP contribution >= 0.6 is 12.2 Å². The molecule has 120 valence electrons. The molecule has 0 aliphatic heterocycles. The van der Waals surface area contributed by atoms with E-state index in [4.69, 9.17) is 17.0 Å². The van der Waals surface area contributed by atoms with E-state index in [1.807, 2.05) is 12.1 Å². The van der Waals surface area contributed by atoms with Gasteiger partial charge in [-0.05, 0) is 61.8 Å². The quantitative estimate of drug-likeness (QED) is 0.825. The smallest absolute Gasteiger partial charge is 0.173 e. The van der Waals surface area contributed by atoms with Gasteiger partial charge in [-0.2, -0.15) is 0 Å². The minimum Gasteiger partial charge on any atom is -0.497 e. The number of thiocarbonyl (C=S) groups is 1. The Bertz CT molecular complexity index is 663. The van der Waals surface area contributed by atoms with E-state index in [0.29, 0.717) is 6.04 Å². The van der Waals surface area contributed by atoms with Crippen LogP contribution in [0.5, 0.6) is 5.75 Å². The summed E-state index contributed by atoms with van der Waals surface area (Å²) in [5.41, 5.74) is 3.53. The maximum absolute atomic E-state index is 5.64. The van der Waals surface area contributed by atoms with E-state index in [2.05, 4.69) is 53.5 Å². The molecule has 2 aromatic carbocycles. The minimum atomic E-state index is 0.558. The van der Waals surface area contributed by atoms with Gasteiger partial charge in [0.05, 0.1) is 7.11 Å². The number of aryl methyl sites for hydroxylation is 1. The van der Waals surface area contributed by atoms with Crippen LogP contribution in [0.25, 0.3) is 0 Å². The average Bonchev–Trinajstić information content (AvgIpc) is 3.40. The van der Waals surface area contributed by atoms with Crippen molar-refractivity contribution in [2.24, 2.45) is 0 Å². The lowest BCUT2D eigenvalue weighted by Gasteiger charge is -2.26. The molecule has 1 aliphatic carbocycles. The van der Waals surface area contributed by atoms with Crippen molar-refractivity contribution in [3.05, 3.63) is 59.7 Å². The van der Waals surface area contributed by atoms with Crippen molar-refractivity contribution in [3.8, 4) is 5.75 Å². The van der Waals surface area contributed by atoms with Crippen LogP contribution in [-0.4, -0.2) is 23.2 Å². The molecule has 1 saturated carbocycles. The molecule has 0 heterocycles. The number of rotatable bonds is 5. The van der Waals surface area contributed by atoms with E-state index in [0.717, 1.165) is 23.1 Å². The van der Waals surface area contributed by atoms with E-state index in [9.17, 15) is 0 Å². The summed E-state index contributed by atoms with van der Waals surface area (Å²) in [6.45, 7) is 2.91. The third-order valence-corrected chi connectivity index (χ3v) is 4.40. The number of ether oxygens (including phenoxy) is 1. The SMILES string of the molecule is COc1ccc(CN(C(=S)Nc2ccc(C)cc2)C2CC2)cc1. The average molecular weight is 326 g/mol. The summed E-state index contributed by atoms with van der Waals surface area (Å²) in [7, 11) is 1.69. The molecule has 0 aromatic heterocycles. The Morgan fingerprint density at radius 3 is 2.35 bits per heavy atom. The summed E-state index contributed by atoms with van der Waals surface area (Å²) in [4.78, 5) is 2.29. The Hall–Kier alpha value is -2.07. The summed E-state index contributed by atoms with van der Waals surface area (Å²) in [5.74, 6) is 0.882. The number of hydrogen-bond donors (Lipinski definition) is 1. The molecule has 2 aromatic rings. The molecule has 0 spiro atoms. The lowest BCUT2D eigenvalue weighted by molar-refractivity contribution is 0.405. The number of benzene rings is 2. The van der Waals surface area contributed by atoms with Crippen LogP contribution < -0.4 is 10.1 Å². The third-order valence-electron chi connectivity index (χ3n) is 4.06. The largest absolute Gasteiger partial charge is 0.497 e. The standard InChI is InChI=1S/C19H22N2OS/c1-14-3-7-16(8-4-14)20-19(23)21(17-9-10-17)13-15-5-11-18(22-2)12-6-15/h3-8,11-12,17H,9-10,13H2,1-2H3,(H,20,23). The molecule has 1 N–H and O–H groups in total. The maximum atomic E-state index is 5.64. The fraction of sp³-hybridized carbons (Fsp3) is 0.316. The zero-order valence-electron chi connectivity index (χ0n) is 13.6. The summed E-state index contributed by atoms with van der Waals surface area (Å²) in [6, 6.07) is 17.1. The molecule has 1 fully saturated rings. The molecule has 0 radical (unpaired) electrons. The Kier molecular flexibility index (Phi) is 4.82. The lowest BCUT2D eigenvalue weighted by atomic mass is 10.2. The van der Waals surface area contributed by atoms with Gasteiger partial charge in [0.15, 0.2) is 5.11 Å². The predicted molar refractivity (Wildman–Crippen MR) is 99.0 cm³/mol. The van der Waals surface area contributed by atoms with Gasteiger partial charge in [-0.3, -0.25) is 0 Å². The van der Waals surface area contributed by atoms with Gasteiger partial charge >= 0.3 is 0 Å². The van der Waals surface area contributed by atoms with Crippen LogP contribution in [-0.2, 0) is 6.54 Å². The highest BCUT2D eigenvalue weighted by atomic mass is 32.1. The van der Waals surface area contributed by atoms with Crippen LogP contribution in [0.3, 0.4) is 0 Å². The molecule has 3 nitrogen and oxygen atoms in total. The first-order chi connectivity index (χ1) is 11.2. The van der Waals surface area contributed by atoms with Crippen LogP contribution in [0, 0.1) is 6.92 Å². The number of methoxy groups -OCH3 is 1. The van der Waals surface area contributed by atoms with E-state index < -0.39 is 0 Å². The summed E-state index contributed by atoms with van der Waals surface area (Å²) >= 11 is 5.64. The van der Waals surface area contributed by atoms with Crippen LogP contribution in [0.4, 0.5) is 5.69 Å². The predicted octanol–water partition coefficient (Wildman–Crippen LogP) is 4.37. The molecule has 4 heteroatoms. The topological polar surface area (TPSA) is 24.5 Å². The summed E-state index contributed by atoms with van der Waals surface area (Å²) in [5, 5.41) is 4.16. The van der Waals surface area contributed by atoms with Crippen molar-refractivity contribution in [1.29, 1.82) is 0 Å². The van der Waals surface area contributed by atoms with Crippen LogP contribution in [0.2, 0.25) is 0 Å². The molecule has 0 atom stereocenters. The molecule has 3 rings (SSSR count). The third kappa shape index (κ3) is 4.23. The van der Waals surface area contributed by atoms with Crippen molar-refractivity contribution in [3.63, 3.8) is 0 Å². The molecule has 0 bridgehead atoms. The van der Waals surface area contributed by atoms with Gasteiger partial charge < -0.3 is 15.0 Å². The zero-order valence-corrected chi connectivity index (χ0v) is 14.4. The lowest BCUT2D eigenvalue weighted by Crippen LogP contribution is -2.36. The molecule has 0 unspecified atom stereocenters. The second-order valence-corrected chi connectivity index (χ2v) is 6.39. The minimum absolute atomic E-state index is 0.558. The highest BCUT2D eigenvalue weighted by Crippen LogP contribution is 2.29. The van der Waals surface area contributed by atoms with E-state index in [1.54, 1.807) is 7.11 Å². The number of nitrogens with one attached hydrogen (secondary N) is 1. The van der Waals surface area contributed by atoms with Gasteiger partial charge in [-0.25, -0.2) is 0 Å². The van der Waals surface area contributed by atoms with E-state index in [1.165, 1.54) is 24.0 Å². The van der Waals surface area contributed by atoms with Crippen molar-refractivity contribution in [2.45, 2.75) is 32.4 Å². The Morgan fingerprint density at radius 1 is 1.13 bits per heavy atom. The normalized spacial score (nSPS) is 13.5. The highest BCUT2D eigenvalue weighted by Gasteiger charge is 2.30. The van der Waals surface area contributed by atoms with Gasteiger partial charge in [0.25, 0.3) is 0 Å². The second-order valence-electron chi connectivity index (χ2n) is 6.00. The van der Waals surface area contributed by atoms with E-state index in [-0.39, 0.29) is 0 Å². The highest BCUT2D eigenvalue weighted by molar-refractivity contribution is 7.80. The monoisotopic (exact) mass is 326 g/mol. The Morgan fingerprint density at radius 2 is 1.78 bits per heavy atom. The molecule has 1 aliphatic rings. The van der Waals surface area contributed by atoms with Crippen molar-refractivity contribution < 1.29 is 4.74 Å². The number of anilines is 1. The first-order valence-electron chi connectivity index (χ1n) is 7.93. The van der Waals surface area contributed by atoms with Gasteiger partial charge in [-0.1, -0.05) is 29.8 Å². The van der Waals surface area contributed by atoms with Crippen molar-refractivity contribution in [2.75, 3.05) is 12.4 Å². The van der Waals surface area contributed by atoms with Gasteiger partial charge in [0.1, 0.15) is 5.75 Å². The Labute approximate surface area is 143 Å². The first-order valence-corrected chi connectivity index (χ1v) is 8.34. The number of hydrogen-bond acceptors (Lipinski definition) is 2. The Balaban J connectivity index is 1.67. The van der Waals surface area contributed by atoms with Crippen molar-refractivity contribution in [1.82, 2.24) is 4.90 Å². The molecular weight excluding hydrogens is 304 g/mol. The maximum Gasteiger partial charge on any atom is 0.173 e. The molecule has 0 saturated heterocycles. The van der Waals surface area contributed by atoms with Crippen LogP contribution in [0.15, 0.2) is 48.5 Å². The fourth-order valence-corrected chi connectivity index (χ4v) is 2.84. The van der Waals surface area contributed by atoms with Crippen LogP contribution in [0.1, 0.15) is 24.0 Å². The molecule has 0 amide bonds. The summed E-state index contributed by atoms with van der Waals surface area (Å²) < 4.78 is 5.22. The van der Waals surface area contributed by atoms with Gasteiger partial charge in [0.2, 0.25) is 0 Å².